The first kappa shape index (κ1) is 6.33. The van der Waals surface area contributed by atoms with E-state index in [9.17, 15) is 0 Å². The lowest BCUT2D eigenvalue weighted by Crippen LogP contribution is -2.01. The van der Waals surface area contributed by atoms with Crippen molar-refractivity contribution in [3.63, 3.8) is 0 Å². The molecule has 1 aliphatic rings. The third kappa shape index (κ3) is 0.960. The Labute approximate surface area is 72.1 Å². The Morgan fingerprint density at radius 3 is 3.30 bits per heavy atom. The molecule has 1 aromatic heterocycles. The molecule has 0 saturated carbocycles. The molecule has 0 saturated heterocycles. The molecule has 2 heterocycles. The summed E-state index contributed by atoms with van der Waals surface area (Å²) in [5, 5.41) is 0. The third-order valence-corrected chi connectivity index (χ3v) is 2.00. The van der Waals surface area contributed by atoms with E-state index < -0.39 is 0 Å². The fraction of sp³-hybridized carbons (Fsp3) is 0.333. The summed E-state index contributed by atoms with van der Waals surface area (Å²) in [6.07, 6.45) is 2.83. The van der Waals surface area contributed by atoms with E-state index in [1.807, 2.05) is 6.21 Å². The second-order valence-corrected chi connectivity index (χ2v) is 3.20. The van der Waals surface area contributed by atoms with Crippen molar-refractivity contribution in [2.75, 3.05) is 6.54 Å². The molecule has 0 radical (unpaired) electrons. The molecule has 0 atom stereocenters. The van der Waals surface area contributed by atoms with Crippen LogP contribution in [0.3, 0.4) is 0 Å². The van der Waals surface area contributed by atoms with Gasteiger partial charge in [0.05, 0.1) is 0 Å². The molecule has 0 fully saturated rings. The Morgan fingerprint density at radius 2 is 2.50 bits per heavy atom. The van der Waals surface area contributed by atoms with E-state index in [0.29, 0.717) is 0 Å². The summed E-state index contributed by atoms with van der Waals surface area (Å²) in [7, 11) is 0. The minimum absolute atomic E-state index is 0.894. The zero-order valence-corrected chi connectivity index (χ0v) is 7.42. The van der Waals surface area contributed by atoms with Crippen LogP contribution < -0.4 is 0 Å². The highest BCUT2D eigenvalue weighted by Crippen LogP contribution is 2.09. The number of imidazole rings is 1. The lowest BCUT2D eigenvalue weighted by Gasteiger charge is -1.99. The van der Waals surface area contributed by atoms with E-state index in [1.54, 1.807) is 0 Å². The summed E-state index contributed by atoms with van der Waals surface area (Å²) in [5.41, 5.74) is 2.23. The average molecular weight is 247 g/mol. The summed E-state index contributed by atoms with van der Waals surface area (Å²) in [6.45, 7) is 0.894. The third-order valence-electron chi connectivity index (χ3n) is 1.49. The minimum Gasteiger partial charge on any atom is -0.337 e. The van der Waals surface area contributed by atoms with Gasteiger partial charge in [0, 0.05) is 24.9 Å². The molecule has 2 rings (SSSR count). The van der Waals surface area contributed by atoms with Gasteiger partial charge in [0.15, 0.2) is 3.83 Å². The quantitative estimate of drug-likeness (QED) is 0.682. The van der Waals surface area contributed by atoms with Crippen LogP contribution in [-0.4, -0.2) is 22.7 Å². The van der Waals surface area contributed by atoms with Crippen LogP contribution in [0.2, 0.25) is 0 Å². The lowest BCUT2D eigenvalue weighted by molar-refractivity contribution is 0.917. The molecule has 0 aromatic carbocycles. The van der Waals surface area contributed by atoms with E-state index in [-0.39, 0.29) is 0 Å². The Hall–Kier alpha value is -0.390. The highest BCUT2D eigenvalue weighted by atomic mass is 127. The molecule has 52 valence electrons. The van der Waals surface area contributed by atoms with Gasteiger partial charge in [-0.15, -0.1) is 0 Å². The zero-order chi connectivity index (χ0) is 6.97. The first-order valence-electron chi connectivity index (χ1n) is 3.10. The summed E-state index contributed by atoms with van der Waals surface area (Å²) >= 11 is 2.17. The van der Waals surface area contributed by atoms with E-state index in [2.05, 4.69) is 37.6 Å². The van der Waals surface area contributed by atoms with Crippen molar-refractivity contribution in [1.29, 1.82) is 0 Å². The summed E-state index contributed by atoms with van der Waals surface area (Å²) in [6, 6.07) is 0. The van der Waals surface area contributed by atoms with E-state index in [1.165, 1.54) is 5.69 Å². The first-order valence-corrected chi connectivity index (χ1v) is 4.18. The molecule has 1 N–H and O–H groups in total. The number of hydrogen-bond donors (Lipinski definition) is 1. The first-order chi connectivity index (χ1) is 4.86. The van der Waals surface area contributed by atoms with Gasteiger partial charge in [0.1, 0.15) is 5.69 Å². The molecule has 1 aliphatic heterocycles. The number of aromatic nitrogens is 2. The molecular weight excluding hydrogens is 241 g/mol. The topological polar surface area (TPSA) is 41.0 Å². The molecule has 10 heavy (non-hydrogen) atoms. The second-order valence-electron chi connectivity index (χ2n) is 2.18. The molecule has 0 bridgehead atoms. The van der Waals surface area contributed by atoms with Gasteiger partial charge >= 0.3 is 0 Å². The fourth-order valence-corrected chi connectivity index (χ4v) is 1.60. The summed E-state index contributed by atoms with van der Waals surface area (Å²) < 4.78 is 0.955. The van der Waals surface area contributed by atoms with E-state index in [4.69, 9.17) is 0 Å². The van der Waals surface area contributed by atoms with E-state index in [0.717, 1.165) is 22.5 Å². The number of halogens is 1. The SMILES string of the molecule is Ic1nc2c([nH]1)CCN=C2. The van der Waals surface area contributed by atoms with Gasteiger partial charge in [0.25, 0.3) is 0 Å². The predicted octanol–water partition coefficient (Wildman–Crippen LogP) is 0.989. The molecule has 4 heteroatoms. The smallest absolute Gasteiger partial charge is 0.169 e. The van der Waals surface area contributed by atoms with Gasteiger partial charge < -0.3 is 4.98 Å². The normalized spacial score (nSPS) is 15.3. The standard InChI is InChI=1S/C6H6IN3/c7-6-9-4-1-2-8-3-5(4)10-6/h3H,1-2H2,(H,9,10). The maximum absolute atomic E-state index is 4.23. The van der Waals surface area contributed by atoms with Crippen molar-refractivity contribution in [2.24, 2.45) is 4.99 Å². The highest BCUT2D eigenvalue weighted by Gasteiger charge is 2.08. The van der Waals surface area contributed by atoms with Gasteiger partial charge in [0.2, 0.25) is 0 Å². The monoisotopic (exact) mass is 247 g/mol. The molecule has 0 aliphatic carbocycles. The van der Waals surface area contributed by atoms with Crippen LogP contribution in [0, 0.1) is 3.83 Å². The van der Waals surface area contributed by atoms with Crippen LogP contribution >= 0.6 is 22.6 Å². The van der Waals surface area contributed by atoms with E-state index >= 15 is 0 Å². The van der Waals surface area contributed by atoms with Gasteiger partial charge in [-0.3, -0.25) is 4.99 Å². The Bertz CT molecular complexity index is 277. The van der Waals surface area contributed by atoms with Crippen LogP contribution in [0.1, 0.15) is 11.4 Å². The predicted molar refractivity (Wildman–Crippen MR) is 47.5 cm³/mol. The largest absolute Gasteiger partial charge is 0.337 e. The van der Waals surface area contributed by atoms with Crippen molar-refractivity contribution in [3.05, 3.63) is 15.2 Å². The molecule has 1 aromatic rings. The van der Waals surface area contributed by atoms with Crippen molar-refractivity contribution < 1.29 is 0 Å². The van der Waals surface area contributed by atoms with Crippen molar-refractivity contribution in [3.8, 4) is 0 Å². The maximum atomic E-state index is 4.23. The van der Waals surface area contributed by atoms with Gasteiger partial charge in [-0.1, -0.05) is 0 Å². The average Bonchev–Trinajstić information content (AvgIpc) is 2.27. The maximum Gasteiger partial charge on any atom is 0.169 e. The Balaban J connectivity index is 2.53. The van der Waals surface area contributed by atoms with Crippen molar-refractivity contribution in [2.45, 2.75) is 6.42 Å². The summed E-state index contributed by atoms with van der Waals surface area (Å²) in [5.74, 6) is 0. The second kappa shape index (κ2) is 2.34. The fourth-order valence-electron chi connectivity index (χ4n) is 1.01. The van der Waals surface area contributed by atoms with Crippen LogP contribution in [0.4, 0.5) is 0 Å². The molecule has 0 amide bonds. The van der Waals surface area contributed by atoms with Crippen LogP contribution in [0.5, 0.6) is 0 Å². The van der Waals surface area contributed by atoms with Crippen LogP contribution in [0.25, 0.3) is 0 Å². The Morgan fingerprint density at radius 1 is 1.60 bits per heavy atom. The Kier molecular flexibility index (Phi) is 1.48. The molecule has 0 spiro atoms. The highest BCUT2D eigenvalue weighted by molar-refractivity contribution is 14.1. The van der Waals surface area contributed by atoms with Crippen LogP contribution in [0.15, 0.2) is 4.99 Å². The molecular formula is C6H6IN3. The van der Waals surface area contributed by atoms with Gasteiger partial charge in [-0.25, -0.2) is 4.98 Å². The number of rotatable bonds is 0. The molecule has 0 unspecified atom stereocenters. The number of hydrogen-bond acceptors (Lipinski definition) is 2. The van der Waals surface area contributed by atoms with Crippen LogP contribution in [-0.2, 0) is 6.42 Å². The lowest BCUT2D eigenvalue weighted by atomic mass is 10.2. The van der Waals surface area contributed by atoms with Crippen molar-refractivity contribution >= 4 is 28.8 Å². The molecule has 3 nitrogen and oxygen atoms in total. The number of nitrogens with zero attached hydrogens (tertiary/aromatic N) is 2. The number of H-pyrrole nitrogens is 1. The van der Waals surface area contributed by atoms with Crippen molar-refractivity contribution in [1.82, 2.24) is 9.97 Å². The minimum atomic E-state index is 0.894. The number of fused-ring (bicyclic) bond motifs is 1. The number of aromatic amines is 1. The summed E-state index contributed by atoms with van der Waals surface area (Å²) in [4.78, 5) is 11.5. The van der Waals surface area contributed by atoms with Gasteiger partial charge in [-0.2, -0.15) is 0 Å². The van der Waals surface area contributed by atoms with Gasteiger partial charge in [-0.05, 0) is 22.6 Å². The zero-order valence-electron chi connectivity index (χ0n) is 5.26. The number of aliphatic imine (C=N–C) groups is 1. The number of nitrogens with one attached hydrogen (secondary N) is 1.